The molecule has 1 saturated carbocycles. The van der Waals surface area contributed by atoms with E-state index in [4.69, 9.17) is 10.5 Å². The van der Waals surface area contributed by atoms with Crippen LogP contribution in [-0.4, -0.2) is 19.3 Å². The Hall–Kier alpha value is -1.22. The number of hydrogen-bond donors (Lipinski definition) is 2. The van der Waals surface area contributed by atoms with Crippen molar-refractivity contribution >= 4 is 11.4 Å². The van der Waals surface area contributed by atoms with Crippen molar-refractivity contribution in [3.8, 4) is 0 Å². The zero-order valence-corrected chi connectivity index (χ0v) is 11.2. The Morgan fingerprint density at radius 1 is 1.28 bits per heavy atom. The van der Waals surface area contributed by atoms with Crippen molar-refractivity contribution in [1.82, 2.24) is 0 Å². The number of nitrogens with one attached hydrogen (secondary N) is 1. The van der Waals surface area contributed by atoms with Crippen LogP contribution in [0.1, 0.15) is 37.7 Å². The van der Waals surface area contributed by atoms with Crippen LogP contribution in [0.25, 0.3) is 0 Å². The normalized spacial score (nSPS) is 16.7. The molecule has 0 saturated heterocycles. The van der Waals surface area contributed by atoms with Crippen LogP contribution in [-0.2, 0) is 4.74 Å². The molecule has 0 spiro atoms. The molecule has 0 heterocycles. The lowest BCUT2D eigenvalue weighted by Gasteiger charge is -2.22. The second-order valence-electron chi connectivity index (χ2n) is 5.10. The fraction of sp³-hybridized carbons (Fsp3) is 0.600. The maximum absolute atomic E-state index is 5.94. The molecule has 0 bridgehead atoms. The summed E-state index contributed by atoms with van der Waals surface area (Å²) in [5.74, 6) is 0. The topological polar surface area (TPSA) is 47.3 Å². The summed E-state index contributed by atoms with van der Waals surface area (Å²) >= 11 is 0. The standard InChI is InChI=1S/C15H24N2O/c1-12-6-5-9-14(16)15(12)17-10-11-18-13-7-3-2-4-8-13/h5-6,9,13,17H,2-4,7-8,10-11,16H2,1H3. The van der Waals surface area contributed by atoms with Crippen molar-refractivity contribution in [3.63, 3.8) is 0 Å². The third-order valence-electron chi connectivity index (χ3n) is 3.61. The second kappa shape index (κ2) is 6.64. The third-order valence-corrected chi connectivity index (χ3v) is 3.61. The zero-order chi connectivity index (χ0) is 12.8. The molecule has 3 N–H and O–H groups in total. The molecule has 3 nitrogen and oxygen atoms in total. The molecule has 1 aliphatic carbocycles. The predicted molar refractivity (Wildman–Crippen MR) is 76.9 cm³/mol. The van der Waals surface area contributed by atoms with Gasteiger partial charge in [-0.15, -0.1) is 0 Å². The molecule has 0 atom stereocenters. The molecule has 1 aliphatic rings. The molecule has 0 unspecified atom stereocenters. The summed E-state index contributed by atoms with van der Waals surface area (Å²) < 4.78 is 5.88. The van der Waals surface area contributed by atoms with Crippen LogP contribution in [0.2, 0.25) is 0 Å². The summed E-state index contributed by atoms with van der Waals surface area (Å²) in [7, 11) is 0. The van der Waals surface area contributed by atoms with Gasteiger partial charge in [0.2, 0.25) is 0 Å². The minimum Gasteiger partial charge on any atom is -0.397 e. The minimum atomic E-state index is 0.481. The molecule has 18 heavy (non-hydrogen) atoms. The Morgan fingerprint density at radius 3 is 2.78 bits per heavy atom. The number of aryl methyl sites for hydroxylation is 1. The van der Waals surface area contributed by atoms with E-state index in [-0.39, 0.29) is 0 Å². The highest BCUT2D eigenvalue weighted by molar-refractivity contribution is 5.69. The van der Waals surface area contributed by atoms with E-state index < -0.39 is 0 Å². The molecule has 0 amide bonds. The van der Waals surface area contributed by atoms with E-state index in [2.05, 4.69) is 18.3 Å². The van der Waals surface area contributed by atoms with E-state index in [9.17, 15) is 0 Å². The van der Waals surface area contributed by atoms with Crippen molar-refractivity contribution in [2.24, 2.45) is 0 Å². The fourth-order valence-electron chi connectivity index (χ4n) is 2.57. The van der Waals surface area contributed by atoms with Crippen molar-refractivity contribution in [3.05, 3.63) is 23.8 Å². The summed E-state index contributed by atoms with van der Waals surface area (Å²) in [5, 5.41) is 3.37. The van der Waals surface area contributed by atoms with Gasteiger partial charge in [-0.3, -0.25) is 0 Å². The van der Waals surface area contributed by atoms with Gasteiger partial charge < -0.3 is 15.8 Å². The summed E-state index contributed by atoms with van der Waals surface area (Å²) in [5.41, 5.74) is 8.99. The van der Waals surface area contributed by atoms with Crippen LogP contribution in [0.15, 0.2) is 18.2 Å². The Kier molecular flexibility index (Phi) is 4.88. The number of benzene rings is 1. The van der Waals surface area contributed by atoms with Gasteiger partial charge in [-0.05, 0) is 31.4 Å². The van der Waals surface area contributed by atoms with Gasteiger partial charge in [0.1, 0.15) is 0 Å². The molecule has 1 aromatic rings. The third kappa shape index (κ3) is 3.64. The molecule has 0 aromatic heterocycles. The number of anilines is 2. The average Bonchev–Trinajstić information content (AvgIpc) is 2.38. The van der Waals surface area contributed by atoms with Crippen LogP contribution in [0.4, 0.5) is 11.4 Å². The molecule has 1 fully saturated rings. The molecule has 100 valence electrons. The molecular weight excluding hydrogens is 224 g/mol. The summed E-state index contributed by atoms with van der Waals surface area (Å²) in [6.07, 6.45) is 6.96. The van der Waals surface area contributed by atoms with Gasteiger partial charge in [-0.25, -0.2) is 0 Å². The lowest BCUT2D eigenvalue weighted by Crippen LogP contribution is -2.20. The van der Waals surface area contributed by atoms with Gasteiger partial charge in [0, 0.05) is 6.54 Å². The van der Waals surface area contributed by atoms with E-state index in [1.165, 1.54) is 37.7 Å². The van der Waals surface area contributed by atoms with E-state index in [1.807, 2.05) is 12.1 Å². The summed E-state index contributed by atoms with van der Waals surface area (Å²) in [4.78, 5) is 0. The lowest BCUT2D eigenvalue weighted by molar-refractivity contribution is 0.0347. The first-order valence-electron chi connectivity index (χ1n) is 6.98. The van der Waals surface area contributed by atoms with E-state index in [1.54, 1.807) is 0 Å². The highest BCUT2D eigenvalue weighted by Crippen LogP contribution is 2.22. The summed E-state index contributed by atoms with van der Waals surface area (Å²) in [6.45, 7) is 3.66. The maximum atomic E-state index is 5.94. The molecule has 1 aromatic carbocycles. The van der Waals surface area contributed by atoms with Gasteiger partial charge in [0.15, 0.2) is 0 Å². The molecule has 2 rings (SSSR count). The van der Waals surface area contributed by atoms with Gasteiger partial charge in [-0.1, -0.05) is 31.4 Å². The zero-order valence-electron chi connectivity index (χ0n) is 11.2. The smallest absolute Gasteiger partial charge is 0.0642 e. The van der Waals surface area contributed by atoms with Crippen molar-refractivity contribution in [2.45, 2.75) is 45.1 Å². The first kappa shape index (κ1) is 13.2. The lowest BCUT2D eigenvalue weighted by atomic mass is 9.98. The van der Waals surface area contributed by atoms with Crippen LogP contribution in [0.5, 0.6) is 0 Å². The molecule has 3 heteroatoms. The van der Waals surface area contributed by atoms with Crippen LogP contribution < -0.4 is 11.1 Å². The Bertz CT molecular complexity index is 353. The van der Waals surface area contributed by atoms with E-state index >= 15 is 0 Å². The first-order valence-corrected chi connectivity index (χ1v) is 6.98. The fourth-order valence-corrected chi connectivity index (χ4v) is 2.57. The highest BCUT2D eigenvalue weighted by Gasteiger charge is 2.13. The quantitative estimate of drug-likeness (QED) is 0.620. The summed E-state index contributed by atoms with van der Waals surface area (Å²) in [6, 6.07) is 5.98. The van der Waals surface area contributed by atoms with E-state index in [0.29, 0.717) is 6.10 Å². The number of para-hydroxylation sites is 1. The van der Waals surface area contributed by atoms with Crippen LogP contribution in [0, 0.1) is 6.92 Å². The van der Waals surface area contributed by atoms with Gasteiger partial charge >= 0.3 is 0 Å². The second-order valence-corrected chi connectivity index (χ2v) is 5.10. The monoisotopic (exact) mass is 248 g/mol. The van der Waals surface area contributed by atoms with E-state index in [0.717, 1.165) is 24.5 Å². The first-order chi connectivity index (χ1) is 8.77. The molecule has 0 radical (unpaired) electrons. The highest BCUT2D eigenvalue weighted by atomic mass is 16.5. The predicted octanol–water partition coefficient (Wildman–Crippen LogP) is 3.34. The number of hydrogen-bond acceptors (Lipinski definition) is 3. The van der Waals surface area contributed by atoms with Gasteiger partial charge in [0.25, 0.3) is 0 Å². The minimum absolute atomic E-state index is 0.481. The SMILES string of the molecule is Cc1cccc(N)c1NCCOC1CCCCC1. The maximum Gasteiger partial charge on any atom is 0.0642 e. The molecular formula is C15H24N2O. The van der Waals surface area contributed by atoms with Crippen LogP contribution in [0.3, 0.4) is 0 Å². The Balaban J connectivity index is 1.71. The van der Waals surface area contributed by atoms with Crippen molar-refractivity contribution in [2.75, 3.05) is 24.2 Å². The number of ether oxygens (including phenoxy) is 1. The van der Waals surface area contributed by atoms with Crippen molar-refractivity contribution < 1.29 is 4.74 Å². The largest absolute Gasteiger partial charge is 0.397 e. The Labute approximate surface area is 110 Å². The van der Waals surface area contributed by atoms with Gasteiger partial charge in [-0.2, -0.15) is 0 Å². The van der Waals surface area contributed by atoms with Gasteiger partial charge in [0.05, 0.1) is 24.1 Å². The van der Waals surface area contributed by atoms with Crippen molar-refractivity contribution in [1.29, 1.82) is 0 Å². The molecule has 0 aliphatic heterocycles. The Morgan fingerprint density at radius 2 is 2.06 bits per heavy atom. The average molecular weight is 248 g/mol. The number of rotatable bonds is 5. The van der Waals surface area contributed by atoms with Crippen LogP contribution >= 0.6 is 0 Å². The number of nitrogen functional groups attached to an aromatic ring is 1. The number of nitrogens with two attached hydrogens (primary N) is 1.